The smallest absolute Gasteiger partial charge is 0.274 e. The molecular formula is C15H10Br2N4O3. The van der Waals surface area contributed by atoms with Gasteiger partial charge in [-0.2, -0.15) is 0 Å². The Morgan fingerprint density at radius 1 is 1.29 bits per heavy atom. The highest BCUT2D eigenvalue weighted by atomic mass is 79.9. The van der Waals surface area contributed by atoms with Crippen LogP contribution in [0.5, 0.6) is 0 Å². The number of nitrogens with one attached hydrogen (secondary N) is 1. The quantitative estimate of drug-likeness (QED) is 0.472. The molecule has 0 radical (unpaired) electrons. The van der Waals surface area contributed by atoms with Gasteiger partial charge in [0, 0.05) is 27.3 Å². The van der Waals surface area contributed by atoms with Crippen LogP contribution in [0.1, 0.15) is 16.2 Å². The maximum Gasteiger partial charge on any atom is 0.274 e. The van der Waals surface area contributed by atoms with E-state index in [0.717, 1.165) is 4.47 Å². The molecule has 1 aromatic carbocycles. The van der Waals surface area contributed by atoms with Crippen molar-refractivity contribution in [1.82, 2.24) is 9.38 Å². The Kier molecular flexibility index (Phi) is 4.37. The molecule has 24 heavy (non-hydrogen) atoms. The van der Waals surface area contributed by atoms with Gasteiger partial charge >= 0.3 is 0 Å². The molecule has 0 aliphatic carbocycles. The largest absolute Gasteiger partial charge is 0.319 e. The molecule has 0 spiro atoms. The van der Waals surface area contributed by atoms with Gasteiger partial charge in [0.25, 0.3) is 11.6 Å². The fourth-order valence-electron chi connectivity index (χ4n) is 2.31. The lowest BCUT2D eigenvalue weighted by atomic mass is 10.2. The van der Waals surface area contributed by atoms with Gasteiger partial charge in [-0.05, 0) is 57.0 Å². The number of nitro benzene ring substituents is 1. The van der Waals surface area contributed by atoms with Crippen molar-refractivity contribution in [2.24, 2.45) is 0 Å². The van der Waals surface area contributed by atoms with Gasteiger partial charge in [0.2, 0.25) is 0 Å². The van der Waals surface area contributed by atoms with Crippen molar-refractivity contribution in [2.75, 3.05) is 5.32 Å². The monoisotopic (exact) mass is 452 g/mol. The molecule has 0 saturated heterocycles. The Hall–Kier alpha value is -2.26. The van der Waals surface area contributed by atoms with Gasteiger partial charge in [-0.3, -0.25) is 19.3 Å². The SMILES string of the molecule is Cc1nc2ccc(Br)cn2c1C(=O)Nc1cc([N+](=O)[O-])ccc1Br. The third kappa shape index (κ3) is 3.04. The summed E-state index contributed by atoms with van der Waals surface area (Å²) in [4.78, 5) is 27.4. The minimum atomic E-state index is -0.515. The summed E-state index contributed by atoms with van der Waals surface area (Å²) in [6, 6.07) is 7.80. The lowest BCUT2D eigenvalue weighted by Crippen LogP contribution is -2.16. The minimum absolute atomic E-state index is 0.105. The molecule has 0 atom stereocenters. The average molecular weight is 454 g/mol. The summed E-state index contributed by atoms with van der Waals surface area (Å²) in [7, 11) is 0. The number of aromatic nitrogens is 2. The number of carbonyl (C=O) groups is 1. The van der Waals surface area contributed by atoms with Crippen molar-refractivity contribution >= 4 is 54.8 Å². The summed E-state index contributed by atoms with van der Waals surface area (Å²) in [5.41, 5.74) is 1.78. The fraction of sp³-hybridized carbons (Fsp3) is 0.0667. The number of carbonyl (C=O) groups excluding carboxylic acids is 1. The molecule has 3 rings (SSSR count). The van der Waals surface area contributed by atoms with E-state index >= 15 is 0 Å². The van der Waals surface area contributed by atoms with Crippen LogP contribution in [0.15, 0.2) is 45.5 Å². The van der Waals surface area contributed by atoms with Crippen LogP contribution in [0, 0.1) is 17.0 Å². The maximum absolute atomic E-state index is 12.7. The predicted molar refractivity (Wildman–Crippen MR) is 96.4 cm³/mol. The first kappa shape index (κ1) is 16.6. The van der Waals surface area contributed by atoms with Crippen LogP contribution in [0.25, 0.3) is 5.65 Å². The third-order valence-corrected chi connectivity index (χ3v) is 4.54. The predicted octanol–water partition coefficient (Wildman–Crippen LogP) is 4.33. The number of amides is 1. The molecule has 0 aliphatic heterocycles. The standard InChI is InChI=1S/C15H10Br2N4O3/c1-8-14(20-7-9(16)2-5-13(20)18-8)15(22)19-12-6-10(21(23)24)3-4-11(12)17/h2-7H,1H3,(H,19,22). The van der Waals surface area contributed by atoms with E-state index in [1.165, 1.54) is 18.2 Å². The number of imidazole rings is 1. The number of non-ortho nitro benzene ring substituents is 1. The number of hydrogen-bond donors (Lipinski definition) is 1. The Balaban J connectivity index is 2.02. The summed E-state index contributed by atoms with van der Waals surface area (Å²) in [6.07, 6.45) is 1.74. The topological polar surface area (TPSA) is 89.5 Å². The van der Waals surface area contributed by atoms with Gasteiger partial charge in [-0.15, -0.1) is 0 Å². The van der Waals surface area contributed by atoms with Crippen LogP contribution in [0.2, 0.25) is 0 Å². The van der Waals surface area contributed by atoms with Gasteiger partial charge in [-0.1, -0.05) is 0 Å². The molecule has 3 aromatic rings. The Bertz CT molecular complexity index is 984. The fourth-order valence-corrected chi connectivity index (χ4v) is 3.00. The molecule has 7 nitrogen and oxygen atoms in total. The van der Waals surface area contributed by atoms with Crippen LogP contribution >= 0.6 is 31.9 Å². The Morgan fingerprint density at radius 2 is 2.04 bits per heavy atom. The number of aryl methyl sites for hydroxylation is 1. The Morgan fingerprint density at radius 3 is 2.75 bits per heavy atom. The van der Waals surface area contributed by atoms with Gasteiger partial charge in [0.15, 0.2) is 0 Å². The average Bonchev–Trinajstić information content (AvgIpc) is 2.84. The minimum Gasteiger partial charge on any atom is -0.319 e. The van der Waals surface area contributed by atoms with Crippen molar-refractivity contribution in [2.45, 2.75) is 6.92 Å². The molecule has 2 heterocycles. The molecule has 9 heteroatoms. The van der Waals surface area contributed by atoms with Crippen LogP contribution in [-0.2, 0) is 0 Å². The van der Waals surface area contributed by atoms with Crippen molar-refractivity contribution < 1.29 is 9.72 Å². The summed E-state index contributed by atoms with van der Waals surface area (Å²) in [6.45, 7) is 1.73. The molecule has 122 valence electrons. The zero-order valence-corrected chi connectivity index (χ0v) is 15.5. The second kappa shape index (κ2) is 6.33. The first-order valence-corrected chi connectivity index (χ1v) is 8.35. The molecule has 0 aliphatic rings. The first-order valence-electron chi connectivity index (χ1n) is 6.76. The van der Waals surface area contributed by atoms with Crippen LogP contribution < -0.4 is 5.32 Å². The van der Waals surface area contributed by atoms with E-state index < -0.39 is 10.8 Å². The summed E-state index contributed by atoms with van der Waals surface area (Å²) in [5.74, 6) is -0.403. The van der Waals surface area contributed by atoms with Gasteiger partial charge < -0.3 is 5.32 Å². The van der Waals surface area contributed by atoms with Crippen LogP contribution in [-0.4, -0.2) is 20.2 Å². The number of anilines is 1. The Labute approximate surface area is 153 Å². The van der Waals surface area contributed by atoms with Gasteiger partial charge in [0.05, 0.1) is 16.3 Å². The number of rotatable bonds is 3. The molecule has 2 aromatic heterocycles. The van der Waals surface area contributed by atoms with E-state index in [1.807, 2.05) is 6.07 Å². The zero-order chi connectivity index (χ0) is 17.4. The number of benzene rings is 1. The highest BCUT2D eigenvalue weighted by Crippen LogP contribution is 2.28. The summed E-state index contributed by atoms with van der Waals surface area (Å²) >= 11 is 6.65. The second-order valence-electron chi connectivity index (χ2n) is 5.00. The van der Waals surface area contributed by atoms with Gasteiger partial charge in [-0.25, -0.2) is 4.98 Å². The van der Waals surface area contributed by atoms with Crippen molar-refractivity contribution in [3.05, 3.63) is 67.0 Å². The molecule has 0 saturated carbocycles. The molecule has 0 fully saturated rings. The molecule has 0 bridgehead atoms. The van der Waals surface area contributed by atoms with E-state index in [-0.39, 0.29) is 5.69 Å². The van der Waals surface area contributed by atoms with Crippen molar-refractivity contribution in [3.8, 4) is 0 Å². The molecule has 1 N–H and O–H groups in total. The molecule has 1 amide bonds. The second-order valence-corrected chi connectivity index (χ2v) is 6.77. The number of hydrogen-bond acceptors (Lipinski definition) is 4. The zero-order valence-electron chi connectivity index (χ0n) is 12.3. The number of nitrogens with zero attached hydrogens (tertiary/aromatic N) is 3. The summed E-state index contributed by atoms with van der Waals surface area (Å²) in [5, 5.41) is 13.6. The lowest BCUT2D eigenvalue weighted by Gasteiger charge is -2.08. The number of pyridine rings is 1. The number of fused-ring (bicyclic) bond motifs is 1. The van der Waals surface area contributed by atoms with E-state index in [4.69, 9.17) is 0 Å². The highest BCUT2D eigenvalue weighted by Gasteiger charge is 2.19. The highest BCUT2D eigenvalue weighted by molar-refractivity contribution is 9.10. The van der Waals surface area contributed by atoms with Gasteiger partial charge in [0.1, 0.15) is 11.3 Å². The third-order valence-electron chi connectivity index (χ3n) is 3.38. The van der Waals surface area contributed by atoms with E-state index in [1.54, 1.807) is 23.6 Å². The summed E-state index contributed by atoms with van der Waals surface area (Å²) < 4.78 is 3.02. The number of nitro groups is 1. The van der Waals surface area contributed by atoms with Crippen molar-refractivity contribution in [3.63, 3.8) is 0 Å². The number of halogens is 2. The van der Waals surface area contributed by atoms with E-state index in [9.17, 15) is 14.9 Å². The van der Waals surface area contributed by atoms with Crippen LogP contribution in [0.3, 0.4) is 0 Å². The normalized spacial score (nSPS) is 10.8. The van der Waals surface area contributed by atoms with E-state index in [0.29, 0.717) is 27.2 Å². The lowest BCUT2D eigenvalue weighted by molar-refractivity contribution is -0.384. The maximum atomic E-state index is 12.7. The van der Waals surface area contributed by atoms with Crippen molar-refractivity contribution in [1.29, 1.82) is 0 Å². The van der Waals surface area contributed by atoms with E-state index in [2.05, 4.69) is 42.2 Å². The van der Waals surface area contributed by atoms with Crippen LogP contribution in [0.4, 0.5) is 11.4 Å². The molecule has 0 unspecified atom stereocenters. The molecular weight excluding hydrogens is 444 g/mol. The first-order chi connectivity index (χ1) is 11.4.